The highest BCUT2D eigenvalue weighted by atomic mass is 32.1. The maximum absolute atomic E-state index is 12.6. The number of hydrogen-bond acceptors (Lipinski definition) is 4. The fourth-order valence-corrected chi connectivity index (χ4v) is 3.66. The van der Waals surface area contributed by atoms with Gasteiger partial charge in [0.05, 0.1) is 6.54 Å². The predicted octanol–water partition coefficient (Wildman–Crippen LogP) is 5.55. The van der Waals surface area contributed by atoms with Crippen molar-refractivity contribution >= 4 is 28.3 Å². The number of unbranched alkanes of at least 4 members (excludes halogenated alkanes) is 8. The summed E-state index contributed by atoms with van der Waals surface area (Å²) in [5.74, 6) is -0.0566. The summed E-state index contributed by atoms with van der Waals surface area (Å²) in [6.45, 7) is 7.10. The molecule has 154 valence electrons. The molecule has 0 unspecified atom stereocenters. The van der Waals surface area contributed by atoms with E-state index in [9.17, 15) is 9.59 Å². The number of anilines is 1. The summed E-state index contributed by atoms with van der Waals surface area (Å²) in [4.78, 5) is 31.8. The normalized spacial score (nSPS) is 10.8. The molecule has 0 saturated carbocycles. The first-order valence-corrected chi connectivity index (χ1v) is 11.4. The number of amides is 2. The summed E-state index contributed by atoms with van der Waals surface area (Å²) in [6.07, 6.45) is 13.8. The topological polar surface area (TPSA) is 62.3 Å². The molecule has 0 spiro atoms. The summed E-state index contributed by atoms with van der Waals surface area (Å²) in [6, 6.07) is 0. The number of aryl methyl sites for hydroxylation is 1. The number of rotatable bonds is 15. The first-order chi connectivity index (χ1) is 13.1. The van der Waals surface area contributed by atoms with E-state index in [1.165, 1.54) is 43.4 Å². The van der Waals surface area contributed by atoms with Gasteiger partial charge in [0.25, 0.3) is 0 Å². The lowest BCUT2D eigenvalue weighted by Crippen LogP contribution is -2.38. The van der Waals surface area contributed by atoms with Gasteiger partial charge in [0.15, 0.2) is 5.13 Å². The molecule has 1 aromatic rings. The Labute approximate surface area is 168 Å². The van der Waals surface area contributed by atoms with Gasteiger partial charge in [-0.1, -0.05) is 65.2 Å². The van der Waals surface area contributed by atoms with E-state index in [1.54, 1.807) is 11.1 Å². The van der Waals surface area contributed by atoms with Crippen LogP contribution in [0, 0.1) is 6.92 Å². The lowest BCUT2D eigenvalue weighted by Gasteiger charge is -2.22. The molecule has 0 atom stereocenters. The summed E-state index contributed by atoms with van der Waals surface area (Å²) in [5.41, 5.74) is 0. The highest BCUT2D eigenvalue weighted by Gasteiger charge is 2.17. The number of nitrogens with one attached hydrogen (secondary N) is 1. The summed E-state index contributed by atoms with van der Waals surface area (Å²) >= 11 is 1.45. The molecule has 1 aromatic heterocycles. The lowest BCUT2D eigenvalue weighted by molar-refractivity contribution is -0.134. The molecule has 5 nitrogen and oxygen atoms in total. The fourth-order valence-electron chi connectivity index (χ4n) is 2.98. The summed E-state index contributed by atoms with van der Waals surface area (Å²) in [7, 11) is 0. The number of thiazole rings is 1. The molecule has 27 heavy (non-hydrogen) atoms. The van der Waals surface area contributed by atoms with Crippen LogP contribution < -0.4 is 5.32 Å². The Morgan fingerprint density at radius 2 is 1.63 bits per heavy atom. The van der Waals surface area contributed by atoms with Crippen LogP contribution in [0.2, 0.25) is 0 Å². The summed E-state index contributed by atoms with van der Waals surface area (Å²) in [5, 5.41) is 3.41. The molecule has 0 bridgehead atoms. The molecular formula is C21H37N3O2S. The van der Waals surface area contributed by atoms with Gasteiger partial charge in [-0.3, -0.25) is 9.59 Å². The third-order valence-electron chi connectivity index (χ3n) is 4.58. The van der Waals surface area contributed by atoms with Crippen LogP contribution in [0.1, 0.15) is 89.4 Å². The molecule has 1 heterocycles. The zero-order chi connectivity index (χ0) is 19.9. The van der Waals surface area contributed by atoms with Gasteiger partial charge in [0.1, 0.15) is 0 Å². The molecule has 0 fully saturated rings. The summed E-state index contributed by atoms with van der Waals surface area (Å²) < 4.78 is 0. The quantitative estimate of drug-likeness (QED) is 0.396. The molecule has 0 aliphatic carbocycles. The van der Waals surface area contributed by atoms with Gasteiger partial charge in [0.2, 0.25) is 11.8 Å². The van der Waals surface area contributed by atoms with Crippen molar-refractivity contribution in [2.24, 2.45) is 0 Å². The van der Waals surface area contributed by atoms with Crippen molar-refractivity contribution in [1.29, 1.82) is 0 Å². The van der Waals surface area contributed by atoms with Crippen molar-refractivity contribution in [3.63, 3.8) is 0 Å². The first kappa shape index (κ1) is 23.6. The Balaban J connectivity index is 2.39. The molecule has 6 heteroatoms. The minimum atomic E-state index is -0.159. The van der Waals surface area contributed by atoms with Gasteiger partial charge in [-0.15, -0.1) is 11.3 Å². The monoisotopic (exact) mass is 395 g/mol. The molecule has 0 radical (unpaired) electrons. The zero-order valence-corrected chi connectivity index (χ0v) is 18.2. The average Bonchev–Trinajstić information content (AvgIpc) is 3.04. The Morgan fingerprint density at radius 3 is 2.26 bits per heavy atom. The number of nitrogens with zero attached hydrogens (tertiary/aromatic N) is 2. The highest BCUT2D eigenvalue weighted by Crippen LogP contribution is 2.16. The van der Waals surface area contributed by atoms with Crippen LogP contribution in [-0.4, -0.2) is 34.8 Å². The average molecular weight is 396 g/mol. The maximum Gasteiger partial charge on any atom is 0.245 e. The molecule has 2 amide bonds. The first-order valence-electron chi connectivity index (χ1n) is 10.6. The second kappa shape index (κ2) is 14.6. The third kappa shape index (κ3) is 11.1. The number of aromatic nitrogens is 1. The van der Waals surface area contributed by atoms with Gasteiger partial charge in [-0.2, -0.15) is 0 Å². The Morgan fingerprint density at radius 1 is 1.00 bits per heavy atom. The van der Waals surface area contributed by atoms with Gasteiger partial charge in [0, 0.05) is 24.0 Å². The minimum Gasteiger partial charge on any atom is -0.333 e. The molecule has 0 saturated heterocycles. The van der Waals surface area contributed by atoms with Crippen LogP contribution >= 0.6 is 11.3 Å². The van der Waals surface area contributed by atoms with Crippen LogP contribution in [-0.2, 0) is 9.59 Å². The Kier molecular flexibility index (Phi) is 12.8. The van der Waals surface area contributed by atoms with E-state index in [0.29, 0.717) is 18.1 Å². The molecule has 0 aromatic carbocycles. The van der Waals surface area contributed by atoms with Crippen LogP contribution in [0.5, 0.6) is 0 Å². The van der Waals surface area contributed by atoms with Crippen LogP contribution in [0.3, 0.4) is 0 Å². The molecule has 1 N–H and O–H groups in total. The number of hydrogen-bond donors (Lipinski definition) is 1. The predicted molar refractivity (Wildman–Crippen MR) is 114 cm³/mol. The standard InChI is InChI=1S/C21H37N3O2S/c1-4-6-8-9-10-11-12-14-20(26)24(15-13-7-5-2)17-19(25)23-21-22-16-18(3)27-21/h16H,4-15,17H2,1-3H3,(H,22,23,25). The number of carbonyl (C=O) groups excluding carboxylic acids is 2. The van der Waals surface area contributed by atoms with E-state index in [0.717, 1.165) is 37.0 Å². The van der Waals surface area contributed by atoms with E-state index < -0.39 is 0 Å². The van der Waals surface area contributed by atoms with Crippen LogP contribution in [0.25, 0.3) is 0 Å². The number of carbonyl (C=O) groups is 2. The van der Waals surface area contributed by atoms with Crippen molar-refractivity contribution in [1.82, 2.24) is 9.88 Å². The zero-order valence-electron chi connectivity index (χ0n) is 17.4. The maximum atomic E-state index is 12.6. The second-order valence-electron chi connectivity index (χ2n) is 7.22. The highest BCUT2D eigenvalue weighted by molar-refractivity contribution is 7.15. The minimum absolute atomic E-state index is 0.102. The molecule has 1 rings (SSSR count). The second-order valence-corrected chi connectivity index (χ2v) is 8.45. The van der Waals surface area contributed by atoms with E-state index >= 15 is 0 Å². The van der Waals surface area contributed by atoms with Crippen molar-refractivity contribution in [3.8, 4) is 0 Å². The van der Waals surface area contributed by atoms with E-state index in [4.69, 9.17) is 0 Å². The molecular weight excluding hydrogens is 358 g/mol. The van der Waals surface area contributed by atoms with Gasteiger partial charge >= 0.3 is 0 Å². The fraction of sp³-hybridized carbons (Fsp3) is 0.762. The van der Waals surface area contributed by atoms with Crippen molar-refractivity contribution in [2.45, 2.75) is 91.4 Å². The van der Waals surface area contributed by atoms with Crippen molar-refractivity contribution in [2.75, 3.05) is 18.4 Å². The van der Waals surface area contributed by atoms with E-state index in [1.807, 2.05) is 6.92 Å². The van der Waals surface area contributed by atoms with Crippen LogP contribution in [0.4, 0.5) is 5.13 Å². The third-order valence-corrected chi connectivity index (χ3v) is 5.41. The smallest absolute Gasteiger partial charge is 0.245 e. The van der Waals surface area contributed by atoms with Gasteiger partial charge in [-0.25, -0.2) is 4.98 Å². The van der Waals surface area contributed by atoms with E-state index in [-0.39, 0.29) is 18.4 Å². The SMILES string of the molecule is CCCCCCCCCC(=O)N(CCCCC)CC(=O)Nc1ncc(C)s1. The Hall–Kier alpha value is -1.43. The molecule has 0 aliphatic heterocycles. The largest absolute Gasteiger partial charge is 0.333 e. The van der Waals surface area contributed by atoms with Crippen molar-refractivity contribution < 1.29 is 9.59 Å². The van der Waals surface area contributed by atoms with Crippen molar-refractivity contribution in [3.05, 3.63) is 11.1 Å². The Bertz CT molecular complexity index is 545. The molecule has 0 aliphatic rings. The lowest BCUT2D eigenvalue weighted by atomic mass is 10.1. The van der Waals surface area contributed by atoms with Gasteiger partial charge in [-0.05, 0) is 19.8 Å². The van der Waals surface area contributed by atoms with Crippen LogP contribution in [0.15, 0.2) is 6.20 Å². The van der Waals surface area contributed by atoms with E-state index in [2.05, 4.69) is 24.1 Å². The van der Waals surface area contributed by atoms with Gasteiger partial charge < -0.3 is 10.2 Å².